The number of rotatable bonds is 5. The Morgan fingerprint density at radius 3 is 1.88 bits per heavy atom. The van der Waals surface area contributed by atoms with Crippen LogP contribution in [0, 0.1) is 0 Å². The molecule has 3 nitrogen and oxygen atoms in total. The van der Waals surface area contributed by atoms with E-state index in [2.05, 4.69) is 24.1 Å². The van der Waals surface area contributed by atoms with Crippen molar-refractivity contribution in [3.8, 4) is 0 Å². The highest BCUT2D eigenvalue weighted by molar-refractivity contribution is 7.76. The first kappa shape index (κ1) is 17.4. The summed E-state index contributed by atoms with van der Waals surface area (Å²) in [6.45, 7) is 0. The van der Waals surface area contributed by atoms with Crippen molar-refractivity contribution >= 4 is 17.9 Å². The summed E-state index contributed by atoms with van der Waals surface area (Å²) in [5.41, 5.74) is 0. The third-order valence-corrected chi connectivity index (χ3v) is 7.73. The van der Waals surface area contributed by atoms with E-state index in [1.54, 1.807) is 0 Å². The van der Waals surface area contributed by atoms with Gasteiger partial charge in [0.15, 0.2) is 0 Å². The molecule has 0 spiro atoms. The van der Waals surface area contributed by atoms with E-state index in [4.69, 9.17) is 0 Å². The molecule has 0 saturated heterocycles. The van der Waals surface area contributed by atoms with Crippen molar-refractivity contribution in [1.82, 2.24) is 9.99 Å². The van der Waals surface area contributed by atoms with Crippen LogP contribution in [0.5, 0.6) is 0 Å². The van der Waals surface area contributed by atoms with Gasteiger partial charge in [-0.15, -0.1) is 0 Å². The summed E-state index contributed by atoms with van der Waals surface area (Å²) in [7, 11) is 1.40. The summed E-state index contributed by atoms with van der Waals surface area (Å²) in [6, 6.07) is 20.4. The highest BCUT2D eigenvalue weighted by Gasteiger charge is 2.35. The van der Waals surface area contributed by atoms with Crippen molar-refractivity contribution in [1.29, 1.82) is 0 Å². The number of hydrogen-bond acceptors (Lipinski definition) is 2. The van der Waals surface area contributed by atoms with Gasteiger partial charge in [0.25, 0.3) is 0 Å². The second-order valence-electron chi connectivity index (χ2n) is 6.83. The molecule has 2 atom stereocenters. The summed E-state index contributed by atoms with van der Waals surface area (Å²) in [5.74, 6) is 0. The molecular formula is C20H27N2OP. The fourth-order valence-electron chi connectivity index (χ4n) is 3.69. The molecule has 128 valence electrons. The van der Waals surface area contributed by atoms with Gasteiger partial charge in [-0.1, -0.05) is 49.2 Å². The SMILES string of the molecule is CN(C)[C@@H]1CCCC[C@H]1NP(=O)(c1ccccc1)c1ccccc1. The Labute approximate surface area is 145 Å². The van der Waals surface area contributed by atoms with E-state index in [1.807, 2.05) is 60.7 Å². The van der Waals surface area contributed by atoms with E-state index >= 15 is 0 Å². The molecule has 0 aromatic heterocycles. The van der Waals surface area contributed by atoms with Crippen molar-refractivity contribution in [2.75, 3.05) is 14.1 Å². The number of nitrogens with zero attached hydrogens (tertiary/aromatic N) is 1. The molecule has 1 aliphatic rings. The van der Waals surface area contributed by atoms with Crippen molar-refractivity contribution in [2.45, 2.75) is 37.8 Å². The van der Waals surface area contributed by atoms with Gasteiger partial charge < -0.3 is 4.90 Å². The second kappa shape index (κ2) is 7.65. The maximum Gasteiger partial charge on any atom is 0.204 e. The molecule has 0 amide bonds. The minimum atomic E-state index is -2.85. The Bertz CT molecular complexity index is 644. The van der Waals surface area contributed by atoms with E-state index in [-0.39, 0.29) is 6.04 Å². The Morgan fingerprint density at radius 2 is 1.38 bits per heavy atom. The molecule has 4 heteroatoms. The van der Waals surface area contributed by atoms with Crippen molar-refractivity contribution in [2.24, 2.45) is 0 Å². The monoisotopic (exact) mass is 342 g/mol. The van der Waals surface area contributed by atoms with Crippen LogP contribution in [-0.4, -0.2) is 31.1 Å². The van der Waals surface area contributed by atoms with Crippen molar-refractivity contribution in [3.63, 3.8) is 0 Å². The highest BCUT2D eigenvalue weighted by Crippen LogP contribution is 2.41. The summed E-state index contributed by atoms with van der Waals surface area (Å²) in [5, 5.41) is 5.39. The van der Waals surface area contributed by atoms with Gasteiger partial charge in [-0.2, -0.15) is 0 Å². The molecule has 0 unspecified atom stereocenters. The zero-order valence-electron chi connectivity index (χ0n) is 14.6. The first-order chi connectivity index (χ1) is 11.6. The van der Waals surface area contributed by atoms with Gasteiger partial charge in [0.2, 0.25) is 7.29 Å². The van der Waals surface area contributed by atoms with E-state index in [9.17, 15) is 4.57 Å². The van der Waals surface area contributed by atoms with Gasteiger partial charge in [-0.3, -0.25) is 9.65 Å². The van der Waals surface area contributed by atoms with Crippen molar-refractivity contribution < 1.29 is 4.57 Å². The van der Waals surface area contributed by atoms with Gasteiger partial charge in [-0.25, -0.2) is 0 Å². The van der Waals surface area contributed by atoms with Crippen LogP contribution in [0.4, 0.5) is 0 Å². The molecule has 0 heterocycles. The maximum atomic E-state index is 14.1. The van der Waals surface area contributed by atoms with Gasteiger partial charge in [-0.05, 0) is 51.2 Å². The lowest BCUT2D eigenvalue weighted by atomic mass is 9.90. The van der Waals surface area contributed by atoms with Gasteiger partial charge in [0.1, 0.15) is 0 Å². The number of hydrogen-bond donors (Lipinski definition) is 1. The van der Waals surface area contributed by atoms with Gasteiger partial charge >= 0.3 is 0 Å². The first-order valence-corrected chi connectivity index (χ1v) is 10.5. The largest absolute Gasteiger partial charge is 0.305 e. The van der Waals surface area contributed by atoms with Crippen LogP contribution in [-0.2, 0) is 4.57 Å². The molecular weight excluding hydrogens is 315 g/mol. The fourth-order valence-corrected chi connectivity index (χ4v) is 6.24. The van der Waals surface area contributed by atoms with Crippen LogP contribution in [0.25, 0.3) is 0 Å². The Kier molecular flexibility index (Phi) is 5.55. The number of nitrogens with one attached hydrogen (secondary N) is 1. The second-order valence-corrected chi connectivity index (χ2v) is 9.34. The summed E-state index contributed by atoms with van der Waals surface area (Å²) in [4.78, 5) is 2.27. The molecule has 2 aromatic carbocycles. The van der Waals surface area contributed by atoms with Crippen LogP contribution < -0.4 is 15.7 Å². The first-order valence-electron chi connectivity index (χ1n) is 8.77. The van der Waals surface area contributed by atoms with E-state index < -0.39 is 7.29 Å². The molecule has 3 rings (SSSR count). The Balaban J connectivity index is 1.98. The lowest BCUT2D eigenvalue weighted by Gasteiger charge is -2.39. The van der Waals surface area contributed by atoms with Gasteiger partial charge in [0.05, 0.1) is 0 Å². The molecule has 1 saturated carbocycles. The predicted molar refractivity (Wildman–Crippen MR) is 103 cm³/mol. The Morgan fingerprint density at radius 1 is 0.875 bits per heavy atom. The minimum absolute atomic E-state index is 0.250. The number of benzene rings is 2. The molecule has 0 radical (unpaired) electrons. The van der Waals surface area contributed by atoms with Crippen LogP contribution in [0.15, 0.2) is 60.7 Å². The molecule has 24 heavy (non-hydrogen) atoms. The third-order valence-electron chi connectivity index (χ3n) is 4.98. The molecule has 0 bridgehead atoms. The Hall–Kier alpha value is -1.41. The molecule has 1 aliphatic carbocycles. The average Bonchev–Trinajstić information content (AvgIpc) is 2.63. The zero-order valence-corrected chi connectivity index (χ0v) is 15.5. The third kappa shape index (κ3) is 3.64. The van der Waals surface area contributed by atoms with E-state index in [0.717, 1.165) is 23.5 Å². The summed E-state index contributed by atoms with van der Waals surface area (Å²) >= 11 is 0. The minimum Gasteiger partial charge on any atom is -0.305 e. The number of likely N-dealkylation sites (N-methyl/N-ethyl adjacent to an activating group) is 1. The standard InChI is InChI=1S/C20H27N2OP/c1-22(2)20-16-10-9-15-19(20)21-24(23,17-11-5-3-6-12-17)18-13-7-4-8-14-18/h3-8,11-14,19-20H,9-10,15-16H2,1-2H3,(H,21,23)/t19-,20-/m1/s1. The summed E-state index contributed by atoms with van der Waals surface area (Å²) in [6.07, 6.45) is 4.69. The molecule has 1 N–H and O–H groups in total. The average molecular weight is 342 g/mol. The van der Waals surface area contributed by atoms with Crippen LogP contribution >= 0.6 is 7.29 Å². The molecule has 1 fully saturated rings. The normalized spacial score (nSPS) is 21.8. The topological polar surface area (TPSA) is 32.3 Å². The van der Waals surface area contributed by atoms with Crippen LogP contribution in [0.2, 0.25) is 0 Å². The fraction of sp³-hybridized carbons (Fsp3) is 0.400. The van der Waals surface area contributed by atoms with E-state index in [0.29, 0.717) is 6.04 Å². The van der Waals surface area contributed by atoms with Crippen LogP contribution in [0.3, 0.4) is 0 Å². The summed E-state index contributed by atoms with van der Waals surface area (Å²) < 4.78 is 14.1. The van der Waals surface area contributed by atoms with E-state index in [1.165, 1.54) is 12.8 Å². The smallest absolute Gasteiger partial charge is 0.204 e. The quantitative estimate of drug-likeness (QED) is 0.846. The lowest BCUT2D eigenvalue weighted by Crippen LogP contribution is -2.50. The van der Waals surface area contributed by atoms with Crippen molar-refractivity contribution in [3.05, 3.63) is 60.7 Å². The predicted octanol–water partition coefficient (Wildman–Crippen LogP) is 3.38. The van der Waals surface area contributed by atoms with Crippen LogP contribution in [0.1, 0.15) is 25.7 Å². The zero-order chi connectivity index (χ0) is 17.0. The maximum absolute atomic E-state index is 14.1. The highest BCUT2D eigenvalue weighted by atomic mass is 31.2. The van der Waals surface area contributed by atoms with Gasteiger partial charge in [0, 0.05) is 22.7 Å². The molecule has 2 aromatic rings. The molecule has 0 aliphatic heterocycles. The lowest BCUT2D eigenvalue weighted by molar-refractivity contribution is 0.192.